The summed E-state index contributed by atoms with van der Waals surface area (Å²) >= 11 is 3.51. The molecule has 3 aromatic rings. The van der Waals surface area contributed by atoms with Crippen LogP contribution in [0.5, 0.6) is 0 Å². The standard InChI is InChI=1S/C14H11BrN2.ClH/c1-9-5-7-10(8-6-9)14-16-12-4-2-3-11(15)13(12)17-14;/h2-8H,1H3,(H,16,17);1H. The largest absolute Gasteiger partial charge is 0.338 e. The van der Waals surface area contributed by atoms with E-state index in [-0.39, 0.29) is 12.4 Å². The van der Waals surface area contributed by atoms with Crippen molar-refractivity contribution in [2.75, 3.05) is 0 Å². The van der Waals surface area contributed by atoms with Gasteiger partial charge in [-0.05, 0) is 35.0 Å². The zero-order valence-electron chi connectivity index (χ0n) is 9.77. The van der Waals surface area contributed by atoms with Crippen LogP contribution in [0.1, 0.15) is 5.56 Å². The summed E-state index contributed by atoms with van der Waals surface area (Å²) in [5.74, 6) is 0.909. The number of nitrogens with one attached hydrogen (secondary N) is 1. The van der Waals surface area contributed by atoms with Gasteiger partial charge in [-0.1, -0.05) is 35.9 Å². The molecule has 0 atom stereocenters. The van der Waals surface area contributed by atoms with Crippen LogP contribution in [0.4, 0.5) is 0 Å². The summed E-state index contributed by atoms with van der Waals surface area (Å²) in [5.41, 5.74) is 4.39. The number of H-pyrrole nitrogens is 1. The Balaban J connectivity index is 0.00000120. The Morgan fingerprint density at radius 1 is 1.06 bits per heavy atom. The van der Waals surface area contributed by atoms with Gasteiger partial charge in [-0.15, -0.1) is 12.4 Å². The number of aryl methyl sites for hydroxylation is 1. The molecule has 0 aliphatic heterocycles. The average Bonchev–Trinajstić information content (AvgIpc) is 2.75. The number of imidazole rings is 1. The van der Waals surface area contributed by atoms with Crippen LogP contribution in [0, 0.1) is 6.92 Å². The lowest BCUT2D eigenvalue weighted by Gasteiger charge is -1.96. The summed E-state index contributed by atoms with van der Waals surface area (Å²) < 4.78 is 1.02. The monoisotopic (exact) mass is 322 g/mol. The normalized spacial score (nSPS) is 10.3. The summed E-state index contributed by atoms with van der Waals surface area (Å²) in [4.78, 5) is 7.94. The van der Waals surface area contributed by atoms with E-state index in [9.17, 15) is 0 Å². The van der Waals surface area contributed by atoms with E-state index in [0.717, 1.165) is 26.9 Å². The molecule has 0 amide bonds. The minimum absolute atomic E-state index is 0. The third-order valence-corrected chi connectivity index (χ3v) is 3.43. The number of fused-ring (bicyclic) bond motifs is 1. The second kappa shape index (κ2) is 5.12. The fourth-order valence-electron chi connectivity index (χ4n) is 1.85. The van der Waals surface area contributed by atoms with Crippen LogP contribution in [0.25, 0.3) is 22.4 Å². The summed E-state index contributed by atoms with van der Waals surface area (Å²) in [5, 5.41) is 0. The molecule has 18 heavy (non-hydrogen) atoms. The first kappa shape index (κ1) is 13.1. The van der Waals surface area contributed by atoms with Gasteiger partial charge in [0.2, 0.25) is 0 Å². The fourth-order valence-corrected chi connectivity index (χ4v) is 2.30. The van der Waals surface area contributed by atoms with E-state index >= 15 is 0 Å². The van der Waals surface area contributed by atoms with Crippen molar-refractivity contribution in [3.8, 4) is 11.4 Å². The summed E-state index contributed by atoms with van der Waals surface area (Å²) in [6, 6.07) is 14.4. The molecule has 0 bridgehead atoms. The van der Waals surface area contributed by atoms with Crippen molar-refractivity contribution >= 4 is 39.4 Å². The highest BCUT2D eigenvalue weighted by Gasteiger charge is 2.06. The lowest BCUT2D eigenvalue weighted by Crippen LogP contribution is -1.80. The summed E-state index contributed by atoms with van der Waals surface area (Å²) in [7, 11) is 0. The number of hydrogen-bond acceptors (Lipinski definition) is 1. The number of rotatable bonds is 1. The molecule has 0 spiro atoms. The quantitative estimate of drug-likeness (QED) is 0.689. The lowest BCUT2D eigenvalue weighted by molar-refractivity contribution is 1.33. The lowest BCUT2D eigenvalue weighted by atomic mass is 10.1. The van der Waals surface area contributed by atoms with Crippen molar-refractivity contribution in [2.45, 2.75) is 6.92 Å². The van der Waals surface area contributed by atoms with Gasteiger partial charge in [0.25, 0.3) is 0 Å². The highest BCUT2D eigenvalue weighted by atomic mass is 79.9. The van der Waals surface area contributed by atoms with Crippen LogP contribution < -0.4 is 0 Å². The number of nitrogens with zero attached hydrogens (tertiary/aromatic N) is 1. The maximum absolute atomic E-state index is 4.61. The molecule has 2 aromatic carbocycles. The van der Waals surface area contributed by atoms with Crippen molar-refractivity contribution in [1.82, 2.24) is 9.97 Å². The second-order valence-electron chi connectivity index (χ2n) is 4.09. The molecule has 1 heterocycles. The van der Waals surface area contributed by atoms with Crippen LogP contribution in [-0.4, -0.2) is 9.97 Å². The maximum Gasteiger partial charge on any atom is 0.138 e. The van der Waals surface area contributed by atoms with Gasteiger partial charge >= 0.3 is 0 Å². The topological polar surface area (TPSA) is 28.7 Å². The summed E-state index contributed by atoms with van der Waals surface area (Å²) in [6.07, 6.45) is 0. The number of hydrogen-bond donors (Lipinski definition) is 1. The van der Waals surface area contributed by atoms with Crippen LogP contribution >= 0.6 is 28.3 Å². The Morgan fingerprint density at radius 2 is 1.78 bits per heavy atom. The number of aromatic nitrogens is 2. The SMILES string of the molecule is Cc1ccc(-c2nc3c(Br)cccc3[nH]2)cc1.Cl. The van der Waals surface area contributed by atoms with E-state index in [1.807, 2.05) is 18.2 Å². The van der Waals surface area contributed by atoms with E-state index in [1.165, 1.54) is 5.56 Å². The van der Waals surface area contributed by atoms with Crippen molar-refractivity contribution in [1.29, 1.82) is 0 Å². The molecule has 0 radical (unpaired) electrons. The van der Waals surface area contributed by atoms with Gasteiger partial charge in [0.1, 0.15) is 11.3 Å². The molecule has 1 aromatic heterocycles. The first-order valence-electron chi connectivity index (χ1n) is 5.45. The predicted octanol–water partition coefficient (Wildman–Crippen LogP) is 4.72. The maximum atomic E-state index is 4.61. The summed E-state index contributed by atoms with van der Waals surface area (Å²) in [6.45, 7) is 2.08. The van der Waals surface area contributed by atoms with E-state index < -0.39 is 0 Å². The van der Waals surface area contributed by atoms with Gasteiger partial charge in [0.05, 0.1) is 5.52 Å². The first-order valence-corrected chi connectivity index (χ1v) is 6.24. The Bertz CT molecular complexity index is 674. The number of benzene rings is 2. The number of aromatic amines is 1. The van der Waals surface area contributed by atoms with Crippen LogP contribution in [0.2, 0.25) is 0 Å². The molecule has 0 aliphatic rings. The van der Waals surface area contributed by atoms with Crippen molar-refractivity contribution in [2.24, 2.45) is 0 Å². The zero-order valence-corrected chi connectivity index (χ0v) is 12.2. The molecule has 0 unspecified atom stereocenters. The Hall–Kier alpha value is -1.32. The molecule has 1 N–H and O–H groups in total. The molecule has 0 fully saturated rings. The van der Waals surface area contributed by atoms with Gasteiger partial charge < -0.3 is 4.98 Å². The van der Waals surface area contributed by atoms with Gasteiger partial charge in [-0.25, -0.2) is 4.98 Å². The molecule has 92 valence electrons. The highest BCUT2D eigenvalue weighted by Crippen LogP contribution is 2.25. The van der Waals surface area contributed by atoms with Gasteiger partial charge in [-0.2, -0.15) is 0 Å². The van der Waals surface area contributed by atoms with Crippen LogP contribution in [0.15, 0.2) is 46.9 Å². The molecular formula is C14H12BrClN2. The highest BCUT2D eigenvalue weighted by molar-refractivity contribution is 9.10. The van der Waals surface area contributed by atoms with Crippen molar-refractivity contribution in [3.05, 3.63) is 52.5 Å². The van der Waals surface area contributed by atoms with E-state index in [0.29, 0.717) is 0 Å². The number of halogens is 2. The van der Waals surface area contributed by atoms with Gasteiger partial charge in [-0.3, -0.25) is 0 Å². The van der Waals surface area contributed by atoms with Gasteiger partial charge in [0, 0.05) is 10.0 Å². The average molecular weight is 324 g/mol. The Labute approximate surface area is 120 Å². The van der Waals surface area contributed by atoms with Crippen molar-refractivity contribution in [3.63, 3.8) is 0 Å². The minimum atomic E-state index is 0. The second-order valence-corrected chi connectivity index (χ2v) is 4.94. The molecule has 4 heteroatoms. The zero-order chi connectivity index (χ0) is 11.8. The predicted molar refractivity (Wildman–Crippen MR) is 81.2 cm³/mol. The van der Waals surface area contributed by atoms with E-state index in [1.54, 1.807) is 0 Å². The molecular weight excluding hydrogens is 312 g/mol. The fraction of sp³-hybridized carbons (Fsp3) is 0.0714. The van der Waals surface area contributed by atoms with Crippen LogP contribution in [0.3, 0.4) is 0 Å². The third kappa shape index (κ3) is 2.28. The van der Waals surface area contributed by atoms with E-state index in [4.69, 9.17) is 0 Å². The minimum Gasteiger partial charge on any atom is -0.338 e. The van der Waals surface area contributed by atoms with Gasteiger partial charge in [0.15, 0.2) is 0 Å². The van der Waals surface area contributed by atoms with Crippen LogP contribution in [-0.2, 0) is 0 Å². The molecule has 0 saturated carbocycles. The molecule has 0 saturated heterocycles. The smallest absolute Gasteiger partial charge is 0.138 e. The molecule has 0 aliphatic carbocycles. The van der Waals surface area contributed by atoms with E-state index in [2.05, 4.69) is 57.1 Å². The Morgan fingerprint density at radius 3 is 2.44 bits per heavy atom. The Kier molecular flexibility index (Phi) is 3.73. The third-order valence-electron chi connectivity index (χ3n) is 2.79. The first-order chi connectivity index (χ1) is 8.24. The van der Waals surface area contributed by atoms with Crippen molar-refractivity contribution < 1.29 is 0 Å². The molecule has 2 nitrogen and oxygen atoms in total. The number of para-hydroxylation sites is 1. The molecule has 3 rings (SSSR count).